The molecule has 3 heterocycles. The van der Waals surface area contributed by atoms with Crippen molar-refractivity contribution in [2.45, 2.75) is 77.5 Å². The summed E-state index contributed by atoms with van der Waals surface area (Å²) < 4.78 is 13.6. The zero-order valence-corrected chi connectivity index (χ0v) is 22.7. The molecule has 1 atom stereocenters. The van der Waals surface area contributed by atoms with Crippen LogP contribution in [-0.2, 0) is 13.1 Å². The van der Waals surface area contributed by atoms with Crippen LogP contribution in [0.5, 0.6) is 11.5 Å². The number of rotatable bonds is 8. The lowest BCUT2D eigenvalue weighted by Crippen LogP contribution is -2.33. The van der Waals surface area contributed by atoms with Gasteiger partial charge < -0.3 is 14.5 Å². The van der Waals surface area contributed by atoms with Gasteiger partial charge in [0.25, 0.3) is 5.56 Å². The van der Waals surface area contributed by atoms with Crippen molar-refractivity contribution in [1.29, 1.82) is 0 Å². The summed E-state index contributed by atoms with van der Waals surface area (Å²) in [7, 11) is 0. The van der Waals surface area contributed by atoms with Crippen LogP contribution in [0.1, 0.15) is 80.0 Å². The maximum absolute atomic E-state index is 13.3. The van der Waals surface area contributed by atoms with E-state index in [9.17, 15) is 4.79 Å². The number of ether oxygens (including phenoxy) is 2. The van der Waals surface area contributed by atoms with Gasteiger partial charge in [0.05, 0.1) is 17.6 Å². The van der Waals surface area contributed by atoms with Crippen molar-refractivity contribution < 1.29 is 9.47 Å². The van der Waals surface area contributed by atoms with Gasteiger partial charge in [-0.15, -0.1) is 5.10 Å². The topological polar surface area (TPSA) is 98.2 Å². The molecule has 1 N–H and O–H groups in total. The quantitative estimate of drug-likeness (QED) is 0.333. The number of fused-ring (bicyclic) bond motifs is 2. The van der Waals surface area contributed by atoms with Crippen LogP contribution in [0.3, 0.4) is 0 Å². The van der Waals surface area contributed by atoms with Gasteiger partial charge in [-0.05, 0) is 54.3 Å². The number of pyridine rings is 1. The van der Waals surface area contributed by atoms with Gasteiger partial charge in [-0.2, -0.15) is 0 Å². The molecule has 204 valence electrons. The normalized spacial score (nSPS) is 16.6. The summed E-state index contributed by atoms with van der Waals surface area (Å²) in [6.07, 6.45) is 6.72. The molecule has 0 radical (unpaired) electrons. The fraction of sp³-hybridized carbons (Fsp3) is 0.467. The van der Waals surface area contributed by atoms with Crippen molar-refractivity contribution in [3.63, 3.8) is 0 Å². The minimum atomic E-state index is -0.102. The van der Waals surface area contributed by atoms with Gasteiger partial charge in [-0.1, -0.05) is 56.0 Å². The zero-order chi connectivity index (χ0) is 26.8. The number of nitrogens with one attached hydrogen (secondary N) is 1. The summed E-state index contributed by atoms with van der Waals surface area (Å²) >= 11 is 0. The number of aryl methyl sites for hydroxylation is 1. The molecular weight excluding hydrogens is 492 g/mol. The maximum Gasteiger partial charge on any atom is 0.252 e. The van der Waals surface area contributed by atoms with Crippen molar-refractivity contribution in [2.75, 3.05) is 13.2 Å². The van der Waals surface area contributed by atoms with Crippen LogP contribution in [0.25, 0.3) is 10.9 Å². The van der Waals surface area contributed by atoms with E-state index >= 15 is 0 Å². The molecule has 6 rings (SSSR count). The largest absolute Gasteiger partial charge is 0.486 e. The van der Waals surface area contributed by atoms with E-state index in [4.69, 9.17) is 9.47 Å². The Bertz CT molecular complexity index is 1490. The average Bonchev–Trinajstić information content (AvgIpc) is 3.44. The fourth-order valence-corrected chi connectivity index (χ4v) is 5.94. The first-order valence-electron chi connectivity index (χ1n) is 14.1. The molecule has 2 aliphatic rings. The Hall–Kier alpha value is -3.72. The number of tetrazole rings is 1. The summed E-state index contributed by atoms with van der Waals surface area (Å²) in [4.78, 5) is 18.8. The standard InChI is InChI=1S/C30H36N6O3/c1-3-26(29-32-33-34-36(29)24-7-5-4-6-8-24)35(18-21-11-9-20(2)10-12-21)19-23-15-22-16-27-28(39-14-13-38-27)17-25(22)31-30(23)37/h9-12,15-17,24,26H,3-8,13-14,18-19H2,1-2H3,(H,31,37). The fourth-order valence-electron chi connectivity index (χ4n) is 5.94. The van der Waals surface area contributed by atoms with Crippen molar-refractivity contribution in [3.8, 4) is 11.5 Å². The SMILES string of the molecule is CCC(c1nnnn1C1CCCCC1)N(Cc1ccc(C)cc1)Cc1cc2cc3c(cc2[nH]c1=O)OCCO3. The van der Waals surface area contributed by atoms with E-state index < -0.39 is 0 Å². The summed E-state index contributed by atoms with van der Waals surface area (Å²) in [5.74, 6) is 2.26. The van der Waals surface area contributed by atoms with Gasteiger partial charge in [0.15, 0.2) is 17.3 Å². The molecule has 9 nitrogen and oxygen atoms in total. The lowest BCUT2D eigenvalue weighted by molar-refractivity contribution is 0.155. The molecule has 4 aromatic rings. The van der Waals surface area contributed by atoms with Gasteiger partial charge in [0, 0.05) is 30.1 Å². The number of aromatic amines is 1. The van der Waals surface area contributed by atoms with Crippen LogP contribution < -0.4 is 15.0 Å². The minimum Gasteiger partial charge on any atom is -0.486 e. The lowest BCUT2D eigenvalue weighted by atomic mass is 9.95. The predicted molar refractivity (Wildman–Crippen MR) is 149 cm³/mol. The van der Waals surface area contributed by atoms with Crippen LogP contribution in [0, 0.1) is 6.92 Å². The third-order valence-corrected chi connectivity index (χ3v) is 8.03. The van der Waals surface area contributed by atoms with E-state index in [1.807, 2.05) is 18.2 Å². The second kappa shape index (κ2) is 11.2. The molecule has 1 saturated carbocycles. The third-order valence-electron chi connectivity index (χ3n) is 8.03. The molecule has 1 aliphatic carbocycles. The van der Waals surface area contributed by atoms with Crippen molar-refractivity contribution >= 4 is 10.9 Å². The summed E-state index contributed by atoms with van der Waals surface area (Å²) in [6.45, 7) is 6.43. The molecule has 1 fully saturated rings. The first kappa shape index (κ1) is 25.6. The Kier molecular flexibility index (Phi) is 7.32. The van der Waals surface area contributed by atoms with E-state index in [1.54, 1.807) is 0 Å². The molecule has 0 saturated heterocycles. The van der Waals surface area contributed by atoms with Crippen LogP contribution in [-0.4, -0.2) is 43.3 Å². The molecule has 39 heavy (non-hydrogen) atoms. The van der Waals surface area contributed by atoms with Crippen LogP contribution in [0.2, 0.25) is 0 Å². The highest BCUT2D eigenvalue weighted by Gasteiger charge is 2.29. The second-order valence-corrected chi connectivity index (χ2v) is 10.8. The Morgan fingerprint density at radius 2 is 1.77 bits per heavy atom. The molecule has 0 amide bonds. The number of aromatic nitrogens is 5. The van der Waals surface area contributed by atoms with Crippen LogP contribution in [0.4, 0.5) is 0 Å². The highest BCUT2D eigenvalue weighted by atomic mass is 16.6. The van der Waals surface area contributed by atoms with Crippen LogP contribution in [0.15, 0.2) is 47.3 Å². The predicted octanol–water partition coefficient (Wildman–Crippen LogP) is 5.25. The molecule has 0 spiro atoms. The Morgan fingerprint density at radius 1 is 1.03 bits per heavy atom. The molecule has 1 unspecified atom stereocenters. The molecular formula is C30H36N6O3. The van der Waals surface area contributed by atoms with E-state index in [1.165, 1.54) is 30.4 Å². The monoisotopic (exact) mass is 528 g/mol. The molecule has 2 aromatic heterocycles. The second-order valence-electron chi connectivity index (χ2n) is 10.8. The van der Waals surface area contributed by atoms with E-state index in [2.05, 4.69) is 68.2 Å². The molecule has 1 aliphatic heterocycles. The Labute approximate surface area is 228 Å². The van der Waals surface area contributed by atoms with Gasteiger partial charge in [0.1, 0.15) is 13.2 Å². The summed E-state index contributed by atoms with van der Waals surface area (Å²) in [5.41, 5.74) is 3.74. The number of H-pyrrole nitrogens is 1. The number of nitrogens with zero attached hydrogens (tertiary/aromatic N) is 5. The van der Waals surface area contributed by atoms with Gasteiger partial charge >= 0.3 is 0 Å². The van der Waals surface area contributed by atoms with E-state index in [0.29, 0.717) is 49.4 Å². The van der Waals surface area contributed by atoms with E-state index in [0.717, 1.165) is 36.0 Å². The smallest absolute Gasteiger partial charge is 0.252 e. The van der Waals surface area contributed by atoms with Crippen LogP contribution >= 0.6 is 0 Å². The summed E-state index contributed by atoms with van der Waals surface area (Å²) in [6, 6.07) is 14.7. The highest BCUT2D eigenvalue weighted by Crippen LogP contribution is 2.35. The average molecular weight is 529 g/mol. The van der Waals surface area contributed by atoms with Gasteiger partial charge in [-0.25, -0.2) is 4.68 Å². The van der Waals surface area contributed by atoms with Crippen molar-refractivity contribution in [2.24, 2.45) is 0 Å². The van der Waals surface area contributed by atoms with Crippen molar-refractivity contribution in [3.05, 3.63) is 75.3 Å². The third kappa shape index (κ3) is 5.41. The maximum atomic E-state index is 13.3. The van der Waals surface area contributed by atoms with Crippen molar-refractivity contribution in [1.82, 2.24) is 30.1 Å². The van der Waals surface area contributed by atoms with Gasteiger partial charge in [0.2, 0.25) is 0 Å². The Morgan fingerprint density at radius 3 is 2.51 bits per heavy atom. The lowest BCUT2D eigenvalue weighted by Gasteiger charge is -2.32. The Balaban J connectivity index is 1.37. The first-order chi connectivity index (χ1) is 19.1. The minimum absolute atomic E-state index is 0.0430. The molecule has 2 aromatic carbocycles. The van der Waals surface area contributed by atoms with E-state index in [-0.39, 0.29) is 11.6 Å². The number of hydrogen-bond acceptors (Lipinski definition) is 7. The molecule has 0 bridgehead atoms. The summed E-state index contributed by atoms with van der Waals surface area (Å²) in [5, 5.41) is 14.0. The number of benzene rings is 2. The molecule has 9 heteroatoms. The highest BCUT2D eigenvalue weighted by molar-refractivity contribution is 5.83. The first-order valence-corrected chi connectivity index (χ1v) is 14.1. The van der Waals surface area contributed by atoms with Gasteiger partial charge in [-0.3, -0.25) is 9.69 Å². The zero-order valence-electron chi connectivity index (χ0n) is 22.7. The number of hydrogen-bond donors (Lipinski definition) is 1.